The molecule has 1 aromatic heterocycles. The number of pyridine rings is 1. The molecule has 3 heteroatoms. The first-order valence-electron chi connectivity index (χ1n) is 5.44. The van der Waals surface area contributed by atoms with Crippen molar-refractivity contribution in [1.29, 1.82) is 0 Å². The highest BCUT2D eigenvalue weighted by Gasteiger charge is 2.06. The van der Waals surface area contributed by atoms with Gasteiger partial charge in [0.1, 0.15) is 0 Å². The summed E-state index contributed by atoms with van der Waals surface area (Å²) in [6.45, 7) is 5.41. The fourth-order valence-electron chi connectivity index (χ4n) is 2.02. The fraction of sp³-hybridized carbons (Fsp3) is 0.308. The Hall–Kier alpha value is -1.61. The molecule has 0 aliphatic carbocycles. The van der Waals surface area contributed by atoms with Crippen molar-refractivity contribution in [3.63, 3.8) is 0 Å². The van der Waals surface area contributed by atoms with Gasteiger partial charge in [0.15, 0.2) is 5.43 Å². The maximum absolute atomic E-state index is 11.8. The van der Waals surface area contributed by atoms with E-state index < -0.39 is 0 Å². The van der Waals surface area contributed by atoms with Crippen molar-refractivity contribution in [2.24, 2.45) is 5.73 Å². The van der Waals surface area contributed by atoms with Gasteiger partial charge >= 0.3 is 0 Å². The lowest BCUT2D eigenvalue weighted by Crippen LogP contribution is -2.14. The molecule has 2 N–H and O–H groups in total. The molecule has 0 amide bonds. The molecule has 0 spiro atoms. The lowest BCUT2D eigenvalue weighted by atomic mass is 10.0. The quantitative estimate of drug-likeness (QED) is 0.828. The van der Waals surface area contributed by atoms with E-state index in [9.17, 15) is 4.79 Å². The van der Waals surface area contributed by atoms with Crippen molar-refractivity contribution in [2.45, 2.75) is 20.4 Å². The molecule has 84 valence electrons. The molecule has 0 saturated carbocycles. The first kappa shape index (κ1) is 10.9. The molecule has 2 rings (SSSR count). The number of hydrogen-bond donors (Lipinski definition) is 1. The molecule has 1 aromatic carbocycles. The summed E-state index contributed by atoms with van der Waals surface area (Å²) >= 11 is 0. The molecule has 0 radical (unpaired) electrons. The number of aromatic nitrogens is 1. The Kier molecular flexibility index (Phi) is 2.79. The fourth-order valence-corrected chi connectivity index (χ4v) is 2.02. The Labute approximate surface area is 94.5 Å². The summed E-state index contributed by atoms with van der Waals surface area (Å²) in [6.07, 6.45) is 1.82. The third-order valence-electron chi connectivity index (χ3n) is 3.03. The lowest BCUT2D eigenvalue weighted by Gasteiger charge is -2.13. The molecule has 2 aromatic rings. The number of nitrogens with two attached hydrogens (primary N) is 1. The third kappa shape index (κ3) is 1.63. The lowest BCUT2D eigenvalue weighted by molar-refractivity contribution is 0.726. The van der Waals surface area contributed by atoms with Crippen LogP contribution in [-0.2, 0) is 6.54 Å². The third-order valence-corrected chi connectivity index (χ3v) is 3.03. The molecule has 0 atom stereocenters. The number of nitrogens with zero attached hydrogens (tertiary/aromatic N) is 1. The average Bonchev–Trinajstić information content (AvgIpc) is 2.27. The second-order valence-corrected chi connectivity index (χ2v) is 4.07. The Morgan fingerprint density at radius 2 is 2.00 bits per heavy atom. The van der Waals surface area contributed by atoms with E-state index in [1.54, 1.807) is 6.07 Å². The molecule has 1 heterocycles. The van der Waals surface area contributed by atoms with Gasteiger partial charge in [-0.15, -0.1) is 0 Å². The van der Waals surface area contributed by atoms with Crippen LogP contribution in [0.3, 0.4) is 0 Å². The summed E-state index contributed by atoms with van der Waals surface area (Å²) in [4.78, 5) is 11.8. The summed E-state index contributed by atoms with van der Waals surface area (Å²) in [7, 11) is 0. The van der Waals surface area contributed by atoms with Crippen LogP contribution < -0.4 is 11.2 Å². The highest BCUT2D eigenvalue weighted by molar-refractivity contribution is 5.83. The van der Waals surface area contributed by atoms with Crippen LogP contribution >= 0.6 is 0 Å². The molecule has 0 fully saturated rings. The van der Waals surface area contributed by atoms with Gasteiger partial charge in [0.05, 0.1) is 5.52 Å². The zero-order chi connectivity index (χ0) is 11.7. The Morgan fingerprint density at radius 1 is 1.25 bits per heavy atom. The second kappa shape index (κ2) is 4.10. The van der Waals surface area contributed by atoms with Crippen molar-refractivity contribution in [1.82, 2.24) is 4.57 Å². The predicted molar refractivity (Wildman–Crippen MR) is 66.7 cm³/mol. The minimum absolute atomic E-state index is 0.0753. The van der Waals surface area contributed by atoms with Crippen molar-refractivity contribution < 1.29 is 0 Å². The van der Waals surface area contributed by atoms with Crippen LogP contribution in [0.2, 0.25) is 0 Å². The highest BCUT2D eigenvalue weighted by Crippen LogP contribution is 2.18. The molecule has 3 nitrogen and oxygen atoms in total. The predicted octanol–water partition coefficient (Wildman–Crippen LogP) is 1.58. The van der Waals surface area contributed by atoms with Gasteiger partial charge in [-0.25, -0.2) is 0 Å². The van der Waals surface area contributed by atoms with E-state index in [0.717, 1.165) is 23.0 Å². The van der Waals surface area contributed by atoms with E-state index in [4.69, 9.17) is 5.73 Å². The second-order valence-electron chi connectivity index (χ2n) is 4.07. The molecular weight excluding hydrogens is 200 g/mol. The standard InChI is InChI=1S/C13H16N2O/c1-9-3-4-11-12(16)5-7-15(8-6-14)13(11)10(9)2/h3-5,7H,6,8,14H2,1-2H3. The van der Waals surface area contributed by atoms with E-state index in [0.29, 0.717) is 6.54 Å². The van der Waals surface area contributed by atoms with Crippen molar-refractivity contribution in [3.05, 3.63) is 45.7 Å². The van der Waals surface area contributed by atoms with Gasteiger partial charge in [-0.1, -0.05) is 6.07 Å². The van der Waals surface area contributed by atoms with Gasteiger partial charge in [0, 0.05) is 30.7 Å². The number of benzene rings is 1. The topological polar surface area (TPSA) is 48.0 Å². The number of fused-ring (bicyclic) bond motifs is 1. The smallest absolute Gasteiger partial charge is 0.189 e. The molecule has 0 aliphatic rings. The molecule has 0 aliphatic heterocycles. The van der Waals surface area contributed by atoms with Crippen LogP contribution in [0.25, 0.3) is 10.9 Å². The van der Waals surface area contributed by atoms with Gasteiger partial charge < -0.3 is 10.3 Å². The van der Waals surface area contributed by atoms with Gasteiger partial charge in [0.2, 0.25) is 0 Å². The van der Waals surface area contributed by atoms with E-state index in [-0.39, 0.29) is 5.43 Å². The van der Waals surface area contributed by atoms with Gasteiger partial charge in [0.25, 0.3) is 0 Å². The minimum Gasteiger partial charge on any atom is -0.346 e. The van der Waals surface area contributed by atoms with Crippen LogP contribution in [0.4, 0.5) is 0 Å². The van der Waals surface area contributed by atoms with Crippen LogP contribution in [0.15, 0.2) is 29.2 Å². The van der Waals surface area contributed by atoms with Crippen molar-refractivity contribution >= 4 is 10.9 Å². The summed E-state index contributed by atoms with van der Waals surface area (Å²) in [5.74, 6) is 0. The zero-order valence-electron chi connectivity index (χ0n) is 9.66. The van der Waals surface area contributed by atoms with E-state index in [1.165, 1.54) is 5.56 Å². The molecule has 16 heavy (non-hydrogen) atoms. The summed E-state index contributed by atoms with van der Waals surface area (Å²) < 4.78 is 2.05. The van der Waals surface area contributed by atoms with Gasteiger partial charge in [-0.3, -0.25) is 4.79 Å². The van der Waals surface area contributed by atoms with Crippen LogP contribution in [-0.4, -0.2) is 11.1 Å². The van der Waals surface area contributed by atoms with Gasteiger partial charge in [-0.05, 0) is 31.0 Å². The maximum Gasteiger partial charge on any atom is 0.189 e. The highest BCUT2D eigenvalue weighted by atomic mass is 16.1. The number of rotatable bonds is 2. The molecule has 0 unspecified atom stereocenters. The van der Waals surface area contributed by atoms with Gasteiger partial charge in [-0.2, -0.15) is 0 Å². The first-order chi connectivity index (χ1) is 7.65. The molecule has 0 bridgehead atoms. The first-order valence-corrected chi connectivity index (χ1v) is 5.44. The Morgan fingerprint density at radius 3 is 2.69 bits per heavy atom. The SMILES string of the molecule is Cc1ccc2c(=O)ccn(CCN)c2c1C. The van der Waals surface area contributed by atoms with Crippen LogP contribution in [0, 0.1) is 13.8 Å². The van der Waals surface area contributed by atoms with Crippen LogP contribution in [0.1, 0.15) is 11.1 Å². The molecular formula is C13H16N2O. The summed E-state index contributed by atoms with van der Waals surface area (Å²) in [5.41, 5.74) is 9.02. The Balaban J connectivity index is 2.88. The number of aryl methyl sites for hydroxylation is 2. The summed E-state index contributed by atoms with van der Waals surface area (Å²) in [5, 5.41) is 0.777. The van der Waals surface area contributed by atoms with Crippen LogP contribution in [0.5, 0.6) is 0 Å². The monoisotopic (exact) mass is 216 g/mol. The van der Waals surface area contributed by atoms with Crippen molar-refractivity contribution in [3.8, 4) is 0 Å². The van der Waals surface area contributed by atoms with E-state index in [2.05, 4.69) is 11.5 Å². The number of hydrogen-bond acceptors (Lipinski definition) is 2. The molecule has 0 saturated heterocycles. The van der Waals surface area contributed by atoms with E-state index >= 15 is 0 Å². The zero-order valence-corrected chi connectivity index (χ0v) is 9.66. The normalized spacial score (nSPS) is 10.9. The maximum atomic E-state index is 11.8. The Bertz CT molecular complexity index is 584. The van der Waals surface area contributed by atoms with Crippen molar-refractivity contribution in [2.75, 3.05) is 6.54 Å². The summed E-state index contributed by atoms with van der Waals surface area (Å²) in [6, 6.07) is 5.49. The van der Waals surface area contributed by atoms with E-state index in [1.807, 2.05) is 25.3 Å². The minimum atomic E-state index is 0.0753. The largest absolute Gasteiger partial charge is 0.346 e. The average molecular weight is 216 g/mol.